The average Bonchev–Trinajstić information content (AvgIpc) is 2.85. The number of aromatic nitrogens is 2. The van der Waals surface area contributed by atoms with Crippen LogP contribution in [0.25, 0.3) is 5.69 Å². The second-order valence-electron chi connectivity index (χ2n) is 5.91. The first kappa shape index (κ1) is 15.7. The third kappa shape index (κ3) is 4.15. The van der Waals surface area contributed by atoms with Gasteiger partial charge in [-0.05, 0) is 44.5 Å². The molecule has 2 rings (SSSR count). The second kappa shape index (κ2) is 5.99. The Morgan fingerprint density at radius 3 is 2.71 bits per heavy atom. The minimum Gasteiger partial charge on any atom is -0.366 e. The monoisotopic (exact) mass is 350 g/mol. The van der Waals surface area contributed by atoms with Crippen molar-refractivity contribution < 1.29 is 4.79 Å². The molecule has 1 aromatic carbocycles. The Balaban J connectivity index is 2.35. The number of carbonyl (C=O) groups excluding carboxylic acids is 1. The van der Waals surface area contributed by atoms with E-state index in [1.165, 1.54) is 6.20 Å². The lowest BCUT2D eigenvalue weighted by molar-refractivity contribution is 0.100. The van der Waals surface area contributed by atoms with Crippen LogP contribution in [0.2, 0.25) is 0 Å². The number of nitrogens with zero attached hydrogens (tertiary/aromatic N) is 2. The topological polar surface area (TPSA) is 72.9 Å². The Kier molecular flexibility index (Phi) is 4.49. The maximum atomic E-state index is 11.2. The number of amides is 1. The first-order valence-corrected chi connectivity index (χ1v) is 7.44. The molecule has 5 nitrogen and oxygen atoms in total. The second-order valence-corrected chi connectivity index (χ2v) is 6.83. The van der Waals surface area contributed by atoms with E-state index in [1.807, 2.05) is 18.2 Å². The lowest BCUT2D eigenvalue weighted by atomic mass is 10.1. The molecule has 0 saturated carbocycles. The summed E-state index contributed by atoms with van der Waals surface area (Å²) in [6, 6.07) is 5.95. The minimum absolute atomic E-state index is 0.0160. The Morgan fingerprint density at radius 2 is 2.14 bits per heavy atom. The molecule has 0 unspecified atom stereocenters. The highest BCUT2D eigenvalue weighted by molar-refractivity contribution is 9.10. The number of benzene rings is 1. The average molecular weight is 351 g/mol. The number of hydrogen-bond donors (Lipinski definition) is 2. The lowest BCUT2D eigenvalue weighted by Gasteiger charge is -2.21. The number of primary amides is 1. The zero-order chi connectivity index (χ0) is 15.6. The van der Waals surface area contributed by atoms with Crippen LogP contribution < -0.4 is 11.1 Å². The van der Waals surface area contributed by atoms with Gasteiger partial charge in [0.15, 0.2) is 0 Å². The van der Waals surface area contributed by atoms with Crippen LogP contribution in [-0.2, 0) is 6.54 Å². The molecule has 1 amide bonds. The Labute approximate surface area is 132 Å². The molecule has 1 aromatic heterocycles. The van der Waals surface area contributed by atoms with Gasteiger partial charge in [0.1, 0.15) is 0 Å². The standard InChI is InChI=1S/C15H19BrN4O/c1-15(2,3)18-7-10-6-12(16)4-5-13(10)20-9-11(8-19-20)14(17)21/h4-6,8-9,18H,7H2,1-3H3,(H2,17,21). The molecule has 0 aliphatic carbocycles. The van der Waals surface area contributed by atoms with Gasteiger partial charge in [-0.2, -0.15) is 5.10 Å². The van der Waals surface area contributed by atoms with Crippen LogP contribution in [0, 0.1) is 0 Å². The van der Waals surface area contributed by atoms with Crippen LogP contribution in [-0.4, -0.2) is 21.2 Å². The molecule has 21 heavy (non-hydrogen) atoms. The fourth-order valence-electron chi connectivity index (χ4n) is 1.86. The molecule has 6 heteroatoms. The summed E-state index contributed by atoms with van der Waals surface area (Å²) in [4.78, 5) is 11.2. The molecule has 0 aliphatic rings. The Hall–Kier alpha value is -1.66. The van der Waals surface area contributed by atoms with Gasteiger partial charge >= 0.3 is 0 Å². The molecule has 0 fully saturated rings. The van der Waals surface area contributed by atoms with Crippen molar-refractivity contribution in [3.63, 3.8) is 0 Å². The number of hydrogen-bond acceptors (Lipinski definition) is 3. The summed E-state index contributed by atoms with van der Waals surface area (Å²) in [5.41, 5.74) is 7.68. The molecule has 0 saturated heterocycles. The van der Waals surface area contributed by atoms with E-state index in [4.69, 9.17) is 5.73 Å². The van der Waals surface area contributed by atoms with Crippen molar-refractivity contribution in [1.82, 2.24) is 15.1 Å². The van der Waals surface area contributed by atoms with Crippen LogP contribution in [0.15, 0.2) is 35.1 Å². The minimum atomic E-state index is -0.479. The van der Waals surface area contributed by atoms with E-state index in [0.29, 0.717) is 12.1 Å². The normalized spacial score (nSPS) is 11.6. The summed E-state index contributed by atoms with van der Waals surface area (Å²) in [6.07, 6.45) is 3.12. The van der Waals surface area contributed by atoms with Gasteiger partial charge in [0.05, 0.1) is 17.4 Å². The van der Waals surface area contributed by atoms with Crippen LogP contribution in [0.5, 0.6) is 0 Å². The summed E-state index contributed by atoms with van der Waals surface area (Å²) in [7, 11) is 0. The van der Waals surface area contributed by atoms with Gasteiger partial charge in [0, 0.05) is 22.8 Å². The first-order valence-electron chi connectivity index (χ1n) is 6.64. The quantitative estimate of drug-likeness (QED) is 0.889. The van der Waals surface area contributed by atoms with E-state index in [1.54, 1.807) is 10.9 Å². The van der Waals surface area contributed by atoms with Crippen molar-refractivity contribution >= 4 is 21.8 Å². The van der Waals surface area contributed by atoms with Crippen LogP contribution in [0.1, 0.15) is 36.7 Å². The molecule has 0 aliphatic heterocycles. The van der Waals surface area contributed by atoms with E-state index in [0.717, 1.165) is 15.7 Å². The predicted octanol–water partition coefficient (Wildman–Crippen LogP) is 2.62. The largest absolute Gasteiger partial charge is 0.366 e. The van der Waals surface area contributed by atoms with Crippen molar-refractivity contribution in [3.8, 4) is 5.69 Å². The predicted molar refractivity (Wildman–Crippen MR) is 86.4 cm³/mol. The number of nitrogens with one attached hydrogen (secondary N) is 1. The summed E-state index contributed by atoms with van der Waals surface area (Å²) in [5.74, 6) is -0.479. The Morgan fingerprint density at radius 1 is 1.43 bits per heavy atom. The van der Waals surface area contributed by atoms with Crippen molar-refractivity contribution in [3.05, 3.63) is 46.2 Å². The molecule has 112 valence electrons. The first-order chi connectivity index (χ1) is 9.76. The van der Waals surface area contributed by atoms with Crippen molar-refractivity contribution in [1.29, 1.82) is 0 Å². The molecule has 0 spiro atoms. The highest BCUT2D eigenvalue weighted by Gasteiger charge is 2.13. The summed E-state index contributed by atoms with van der Waals surface area (Å²) >= 11 is 3.49. The maximum Gasteiger partial charge on any atom is 0.251 e. The molecule has 1 heterocycles. The molecule has 2 aromatic rings. The summed E-state index contributed by atoms with van der Waals surface area (Å²) < 4.78 is 2.67. The van der Waals surface area contributed by atoms with Gasteiger partial charge in [0.2, 0.25) is 0 Å². The van der Waals surface area contributed by atoms with Crippen LogP contribution in [0.3, 0.4) is 0 Å². The molecule has 0 atom stereocenters. The molecular formula is C15H19BrN4O. The SMILES string of the molecule is CC(C)(C)NCc1cc(Br)ccc1-n1cc(C(N)=O)cn1. The van der Waals surface area contributed by atoms with Crippen molar-refractivity contribution in [2.24, 2.45) is 5.73 Å². The number of nitrogens with two attached hydrogens (primary N) is 1. The Bertz CT molecular complexity index is 658. The van der Waals surface area contributed by atoms with Gasteiger partial charge in [-0.15, -0.1) is 0 Å². The van der Waals surface area contributed by atoms with Crippen molar-refractivity contribution in [2.75, 3.05) is 0 Å². The zero-order valence-corrected chi connectivity index (χ0v) is 13.9. The smallest absolute Gasteiger partial charge is 0.251 e. The van der Waals surface area contributed by atoms with E-state index >= 15 is 0 Å². The molecular weight excluding hydrogens is 332 g/mol. The molecule has 0 radical (unpaired) electrons. The summed E-state index contributed by atoms with van der Waals surface area (Å²) in [6.45, 7) is 7.04. The van der Waals surface area contributed by atoms with Crippen LogP contribution in [0.4, 0.5) is 0 Å². The highest BCUT2D eigenvalue weighted by Crippen LogP contribution is 2.21. The van der Waals surface area contributed by atoms with Gasteiger partial charge in [0.25, 0.3) is 5.91 Å². The van der Waals surface area contributed by atoms with Crippen LogP contribution >= 0.6 is 15.9 Å². The maximum absolute atomic E-state index is 11.2. The number of halogens is 1. The third-order valence-electron chi connectivity index (χ3n) is 2.96. The van der Waals surface area contributed by atoms with E-state index in [-0.39, 0.29) is 5.54 Å². The third-order valence-corrected chi connectivity index (χ3v) is 3.46. The summed E-state index contributed by atoms with van der Waals surface area (Å²) in [5, 5.41) is 7.67. The zero-order valence-electron chi connectivity index (χ0n) is 12.4. The van der Waals surface area contributed by atoms with Crippen molar-refractivity contribution in [2.45, 2.75) is 32.9 Å². The number of rotatable bonds is 4. The van der Waals surface area contributed by atoms with Gasteiger partial charge < -0.3 is 11.1 Å². The molecule has 0 bridgehead atoms. The molecule has 3 N–H and O–H groups in total. The van der Waals surface area contributed by atoms with Gasteiger partial charge in [-0.25, -0.2) is 4.68 Å². The van der Waals surface area contributed by atoms with E-state index < -0.39 is 5.91 Å². The number of carbonyl (C=O) groups is 1. The lowest BCUT2D eigenvalue weighted by Crippen LogP contribution is -2.35. The fraction of sp³-hybridized carbons (Fsp3) is 0.333. The fourth-order valence-corrected chi connectivity index (χ4v) is 2.27. The highest BCUT2D eigenvalue weighted by atomic mass is 79.9. The van der Waals surface area contributed by atoms with E-state index in [9.17, 15) is 4.79 Å². The van der Waals surface area contributed by atoms with Gasteiger partial charge in [-0.3, -0.25) is 4.79 Å². The van der Waals surface area contributed by atoms with Gasteiger partial charge in [-0.1, -0.05) is 15.9 Å². The van der Waals surface area contributed by atoms with E-state index in [2.05, 4.69) is 47.1 Å².